The van der Waals surface area contributed by atoms with Gasteiger partial charge in [-0.15, -0.1) is 0 Å². The number of carbonyl (C=O) groups is 2. The van der Waals surface area contributed by atoms with Gasteiger partial charge in [-0.25, -0.2) is 0 Å². The molecule has 1 saturated heterocycles. The van der Waals surface area contributed by atoms with Crippen LogP contribution in [0.3, 0.4) is 0 Å². The van der Waals surface area contributed by atoms with Crippen LogP contribution in [0.2, 0.25) is 0 Å². The number of aromatic amines is 1. The third-order valence-electron chi connectivity index (χ3n) is 5.17. The second-order valence-electron chi connectivity index (χ2n) is 6.91. The maximum absolute atomic E-state index is 13.1. The Hall–Kier alpha value is -3.08. The van der Waals surface area contributed by atoms with Crippen molar-refractivity contribution in [3.05, 3.63) is 60.3 Å². The number of nitrogens with zero attached hydrogens (tertiary/aromatic N) is 1. The summed E-state index contributed by atoms with van der Waals surface area (Å²) < 4.78 is 0. The first-order chi connectivity index (χ1) is 13.2. The number of hydrogen-bond donors (Lipinski definition) is 2. The van der Waals surface area contributed by atoms with E-state index in [0.29, 0.717) is 18.7 Å². The van der Waals surface area contributed by atoms with Gasteiger partial charge < -0.3 is 15.2 Å². The van der Waals surface area contributed by atoms with Crippen LogP contribution in [-0.4, -0.2) is 40.8 Å². The minimum atomic E-state index is -0.364. The van der Waals surface area contributed by atoms with Crippen molar-refractivity contribution in [1.29, 1.82) is 0 Å². The van der Waals surface area contributed by atoms with Crippen LogP contribution in [0.4, 0.5) is 0 Å². The molecule has 5 nitrogen and oxygen atoms in total. The van der Waals surface area contributed by atoms with Gasteiger partial charge in [0.05, 0.1) is 0 Å². The summed E-state index contributed by atoms with van der Waals surface area (Å²) >= 11 is 0. The second kappa shape index (κ2) is 7.27. The van der Waals surface area contributed by atoms with E-state index < -0.39 is 0 Å². The number of H-pyrrole nitrogens is 1. The predicted octanol–water partition coefficient (Wildman–Crippen LogP) is 3.58. The highest BCUT2D eigenvalue weighted by Gasteiger charge is 2.34. The fraction of sp³-hybridized carbons (Fsp3) is 0.273. The molecule has 1 aliphatic heterocycles. The summed E-state index contributed by atoms with van der Waals surface area (Å²) in [4.78, 5) is 30.3. The maximum Gasteiger partial charge on any atom is 0.254 e. The van der Waals surface area contributed by atoms with E-state index in [1.165, 1.54) is 0 Å². The fourth-order valence-corrected chi connectivity index (χ4v) is 3.80. The summed E-state index contributed by atoms with van der Waals surface area (Å²) in [6.07, 6.45) is 3.50. The van der Waals surface area contributed by atoms with Crippen LogP contribution in [0.25, 0.3) is 22.0 Å². The number of hydrogen-bond acceptors (Lipinski definition) is 2. The molecule has 2 heterocycles. The first kappa shape index (κ1) is 17.3. The molecule has 1 atom stereocenters. The Morgan fingerprint density at radius 1 is 1.15 bits per heavy atom. The summed E-state index contributed by atoms with van der Waals surface area (Å²) in [5.74, 6) is -0.136. The molecule has 1 aliphatic rings. The van der Waals surface area contributed by atoms with Crippen LogP contribution in [0.5, 0.6) is 0 Å². The van der Waals surface area contributed by atoms with Gasteiger partial charge in [-0.05, 0) is 60.5 Å². The summed E-state index contributed by atoms with van der Waals surface area (Å²) in [6, 6.07) is 15.5. The van der Waals surface area contributed by atoms with Gasteiger partial charge >= 0.3 is 0 Å². The van der Waals surface area contributed by atoms with Crippen molar-refractivity contribution in [2.24, 2.45) is 0 Å². The molecule has 2 N–H and O–H groups in total. The molecule has 27 heavy (non-hydrogen) atoms. The summed E-state index contributed by atoms with van der Waals surface area (Å²) in [6.45, 7) is 3.09. The second-order valence-corrected chi connectivity index (χ2v) is 6.91. The number of rotatable bonds is 4. The topological polar surface area (TPSA) is 65.2 Å². The largest absolute Gasteiger partial charge is 0.361 e. The van der Waals surface area contributed by atoms with Gasteiger partial charge in [0.15, 0.2) is 0 Å². The van der Waals surface area contributed by atoms with Crippen molar-refractivity contribution in [1.82, 2.24) is 15.2 Å². The van der Waals surface area contributed by atoms with Gasteiger partial charge in [-0.2, -0.15) is 0 Å². The third kappa shape index (κ3) is 3.33. The van der Waals surface area contributed by atoms with Crippen molar-refractivity contribution >= 4 is 22.7 Å². The number of fused-ring (bicyclic) bond motifs is 1. The van der Waals surface area contributed by atoms with Crippen molar-refractivity contribution in [2.75, 3.05) is 13.1 Å². The van der Waals surface area contributed by atoms with E-state index in [1.807, 2.05) is 43.5 Å². The van der Waals surface area contributed by atoms with Crippen LogP contribution in [0.1, 0.15) is 30.1 Å². The zero-order chi connectivity index (χ0) is 18.8. The lowest BCUT2D eigenvalue weighted by atomic mass is 10.0. The molecule has 1 aromatic heterocycles. The Morgan fingerprint density at radius 2 is 2.00 bits per heavy atom. The van der Waals surface area contributed by atoms with E-state index in [1.54, 1.807) is 4.90 Å². The lowest BCUT2D eigenvalue weighted by Gasteiger charge is -2.24. The highest BCUT2D eigenvalue weighted by molar-refractivity contribution is 5.99. The fourth-order valence-electron chi connectivity index (χ4n) is 3.80. The lowest BCUT2D eigenvalue weighted by Crippen LogP contribution is -2.45. The maximum atomic E-state index is 13.1. The number of nitrogens with one attached hydrogen (secondary N) is 2. The van der Waals surface area contributed by atoms with Gasteiger partial charge in [-0.3, -0.25) is 9.59 Å². The van der Waals surface area contributed by atoms with Gasteiger partial charge in [0, 0.05) is 30.4 Å². The van der Waals surface area contributed by atoms with Gasteiger partial charge in [0.25, 0.3) is 5.91 Å². The number of likely N-dealkylation sites (N-methyl/N-ethyl adjacent to an activating group) is 1. The highest BCUT2D eigenvalue weighted by Crippen LogP contribution is 2.26. The predicted molar refractivity (Wildman–Crippen MR) is 106 cm³/mol. The zero-order valence-corrected chi connectivity index (χ0v) is 15.4. The molecule has 3 aromatic rings. The van der Waals surface area contributed by atoms with Crippen molar-refractivity contribution in [3.8, 4) is 11.1 Å². The number of likely N-dealkylation sites (tertiary alicyclic amines) is 1. The smallest absolute Gasteiger partial charge is 0.254 e. The monoisotopic (exact) mass is 361 g/mol. The number of amides is 2. The van der Waals surface area contributed by atoms with Gasteiger partial charge in [0.2, 0.25) is 5.91 Å². The Balaban J connectivity index is 1.61. The Kier molecular flexibility index (Phi) is 4.67. The Labute approximate surface area is 158 Å². The molecule has 2 amide bonds. The molecule has 1 fully saturated rings. The zero-order valence-electron chi connectivity index (χ0n) is 15.4. The molecular formula is C22H23N3O2. The summed E-state index contributed by atoms with van der Waals surface area (Å²) in [5, 5.41) is 4.00. The van der Waals surface area contributed by atoms with Crippen molar-refractivity contribution in [3.63, 3.8) is 0 Å². The molecule has 0 radical (unpaired) electrons. The quantitative estimate of drug-likeness (QED) is 0.746. The van der Waals surface area contributed by atoms with Crippen LogP contribution in [-0.2, 0) is 4.79 Å². The average molecular weight is 361 g/mol. The van der Waals surface area contributed by atoms with Crippen LogP contribution in [0, 0.1) is 0 Å². The van der Waals surface area contributed by atoms with Crippen molar-refractivity contribution in [2.45, 2.75) is 25.8 Å². The average Bonchev–Trinajstić information content (AvgIpc) is 3.36. The number of benzene rings is 2. The SMILES string of the molecule is CCNC(=O)[C@@H]1CCCN1C(=O)c1cccc(-c2ccc3cc[nH]c3c2)c1. The standard InChI is InChI=1S/C22H23N3O2/c1-2-23-21(26)20-7-4-12-25(20)22(27)18-6-3-5-16(13-18)17-9-8-15-10-11-24-19(15)14-17/h3,5-6,8-11,13-14,20,24H,2,4,7,12H2,1H3,(H,23,26)/t20-/m0/s1. The summed E-state index contributed by atoms with van der Waals surface area (Å²) in [5.41, 5.74) is 3.74. The normalized spacial score (nSPS) is 16.6. The third-order valence-corrected chi connectivity index (χ3v) is 5.17. The van der Waals surface area contributed by atoms with E-state index in [9.17, 15) is 9.59 Å². The molecular weight excluding hydrogens is 338 g/mol. The minimum Gasteiger partial charge on any atom is -0.361 e. The molecule has 0 saturated carbocycles. The Morgan fingerprint density at radius 3 is 2.85 bits per heavy atom. The lowest BCUT2D eigenvalue weighted by molar-refractivity contribution is -0.124. The van der Waals surface area contributed by atoms with E-state index in [2.05, 4.69) is 28.5 Å². The first-order valence-corrected chi connectivity index (χ1v) is 9.43. The first-order valence-electron chi connectivity index (χ1n) is 9.43. The number of aromatic nitrogens is 1. The molecule has 0 aliphatic carbocycles. The molecule has 4 rings (SSSR count). The van der Waals surface area contributed by atoms with Crippen LogP contribution >= 0.6 is 0 Å². The number of carbonyl (C=O) groups excluding carboxylic acids is 2. The van der Waals surface area contributed by atoms with Gasteiger partial charge in [0.1, 0.15) is 6.04 Å². The Bertz CT molecular complexity index is 992. The van der Waals surface area contributed by atoms with Gasteiger partial charge in [-0.1, -0.05) is 24.3 Å². The van der Waals surface area contributed by atoms with E-state index >= 15 is 0 Å². The highest BCUT2D eigenvalue weighted by atomic mass is 16.2. The molecule has 2 aromatic carbocycles. The van der Waals surface area contributed by atoms with Crippen LogP contribution < -0.4 is 5.32 Å². The van der Waals surface area contributed by atoms with Crippen molar-refractivity contribution < 1.29 is 9.59 Å². The molecule has 0 spiro atoms. The van der Waals surface area contributed by atoms with E-state index in [0.717, 1.165) is 34.9 Å². The molecule has 0 bridgehead atoms. The summed E-state index contributed by atoms with van der Waals surface area (Å²) in [7, 11) is 0. The molecule has 0 unspecified atom stereocenters. The minimum absolute atomic E-state index is 0.0586. The molecule has 5 heteroatoms. The van der Waals surface area contributed by atoms with E-state index in [-0.39, 0.29) is 17.9 Å². The molecule has 138 valence electrons. The van der Waals surface area contributed by atoms with E-state index in [4.69, 9.17) is 0 Å². The van der Waals surface area contributed by atoms with Crippen LogP contribution in [0.15, 0.2) is 54.7 Å².